The van der Waals surface area contributed by atoms with Crippen molar-refractivity contribution < 1.29 is 9.72 Å². The van der Waals surface area contributed by atoms with Crippen LogP contribution in [0.3, 0.4) is 0 Å². The standard InChI is InChI=1S/C11H13NO3S/c1-8-7-9(11(13)5-6-16-2)3-4-10(8)12(14)15/h3-4,7H,5-6H2,1-2H3. The first-order chi connectivity index (χ1) is 7.56. The quantitative estimate of drug-likeness (QED) is 0.450. The van der Waals surface area contributed by atoms with Crippen LogP contribution in [0.1, 0.15) is 22.3 Å². The average Bonchev–Trinajstić information content (AvgIpc) is 2.25. The Balaban J connectivity index is 2.88. The molecule has 0 aliphatic heterocycles. The van der Waals surface area contributed by atoms with E-state index < -0.39 is 4.92 Å². The minimum Gasteiger partial charge on any atom is -0.294 e. The Hall–Kier alpha value is -1.36. The summed E-state index contributed by atoms with van der Waals surface area (Å²) >= 11 is 1.61. The molecule has 0 radical (unpaired) electrons. The van der Waals surface area contributed by atoms with Crippen LogP contribution in [0.4, 0.5) is 5.69 Å². The molecule has 86 valence electrons. The maximum Gasteiger partial charge on any atom is 0.272 e. The van der Waals surface area contributed by atoms with Crippen LogP contribution in [0.2, 0.25) is 0 Å². The molecule has 0 spiro atoms. The topological polar surface area (TPSA) is 60.2 Å². The second kappa shape index (κ2) is 5.65. The first-order valence-electron chi connectivity index (χ1n) is 4.83. The third-order valence-corrected chi connectivity index (χ3v) is 2.86. The molecule has 16 heavy (non-hydrogen) atoms. The van der Waals surface area contributed by atoms with Crippen molar-refractivity contribution in [1.29, 1.82) is 0 Å². The summed E-state index contributed by atoms with van der Waals surface area (Å²) in [6, 6.07) is 4.50. The predicted molar refractivity (Wildman–Crippen MR) is 65.2 cm³/mol. The average molecular weight is 239 g/mol. The number of hydrogen-bond acceptors (Lipinski definition) is 4. The molecule has 0 saturated carbocycles. The van der Waals surface area contributed by atoms with Gasteiger partial charge in [-0.1, -0.05) is 0 Å². The van der Waals surface area contributed by atoms with Crippen molar-refractivity contribution in [2.24, 2.45) is 0 Å². The van der Waals surface area contributed by atoms with Gasteiger partial charge >= 0.3 is 0 Å². The number of nitro benzene ring substituents is 1. The number of aryl methyl sites for hydroxylation is 1. The van der Waals surface area contributed by atoms with Gasteiger partial charge in [0.1, 0.15) is 0 Å². The molecular formula is C11H13NO3S. The van der Waals surface area contributed by atoms with Gasteiger partial charge in [-0.05, 0) is 25.3 Å². The number of benzene rings is 1. The number of nitrogens with zero attached hydrogens (tertiary/aromatic N) is 1. The van der Waals surface area contributed by atoms with Gasteiger partial charge in [0, 0.05) is 29.4 Å². The van der Waals surface area contributed by atoms with Crippen LogP contribution in [-0.2, 0) is 0 Å². The minimum atomic E-state index is -0.439. The SMILES string of the molecule is CSCCC(=O)c1ccc([N+](=O)[O-])c(C)c1. The number of nitro groups is 1. The highest BCUT2D eigenvalue weighted by molar-refractivity contribution is 7.98. The van der Waals surface area contributed by atoms with Gasteiger partial charge < -0.3 is 0 Å². The molecule has 5 heteroatoms. The number of thioether (sulfide) groups is 1. The fraction of sp³-hybridized carbons (Fsp3) is 0.364. The van der Waals surface area contributed by atoms with Gasteiger partial charge in [-0.25, -0.2) is 0 Å². The molecular weight excluding hydrogens is 226 g/mol. The molecule has 0 fully saturated rings. The van der Waals surface area contributed by atoms with Gasteiger partial charge in [-0.15, -0.1) is 0 Å². The van der Waals surface area contributed by atoms with Crippen LogP contribution < -0.4 is 0 Å². The van der Waals surface area contributed by atoms with Crippen LogP contribution in [0.25, 0.3) is 0 Å². The highest BCUT2D eigenvalue weighted by atomic mass is 32.2. The van der Waals surface area contributed by atoms with Gasteiger partial charge in [0.05, 0.1) is 4.92 Å². The summed E-state index contributed by atoms with van der Waals surface area (Å²) in [5.41, 5.74) is 1.14. The van der Waals surface area contributed by atoms with E-state index >= 15 is 0 Å². The fourth-order valence-electron chi connectivity index (χ4n) is 1.37. The lowest BCUT2D eigenvalue weighted by molar-refractivity contribution is -0.385. The third kappa shape index (κ3) is 3.06. The summed E-state index contributed by atoms with van der Waals surface area (Å²) in [7, 11) is 0. The number of carbonyl (C=O) groups excluding carboxylic acids is 1. The number of carbonyl (C=O) groups is 1. The molecule has 1 rings (SSSR count). The van der Waals surface area contributed by atoms with E-state index in [0.29, 0.717) is 17.5 Å². The van der Waals surface area contributed by atoms with Crippen LogP contribution in [0, 0.1) is 17.0 Å². The van der Waals surface area contributed by atoms with E-state index in [1.165, 1.54) is 12.1 Å². The Labute approximate surface area is 98.2 Å². The molecule has 1 aromatic rings. The fourth-order valence-corrected chi connectivity index (χ4v) is 1.76. The molecule has 4 nitrogen and oxygen atoms in total. The van der Waals surface area contributed by atoms with E-state index in [1.807, 2.05) is 6.26 Å². The lowest BCUT2D eigenvalue weighted by Crippen LogP contribution is -2.02. The summed E-state index contributed by atoms with van der Waals surface area (Å²) in [5, 5.41) is 10.6. The van der Waals surface area contributed by atoms with Gasteiger partial charge in [0.2, 0.25) is 0 Å². The third-order valence-electron chi connectivity index (χ3n) is 2.25. The molecule has 0 aromatic heterocycles. The maximum absolute atomic E-state index is 11.7. The minimum absolute atomic E-state index is 0.0346. The van der Waals surface area contributed by atoms with Gasteiger partial charge in [0.25, 0.3) is 5.69 Å². The van der Waals surface area contributed by atoms with Gasteiger partial charge in [-0.2, -0.15) is 11.8 Å². The van der Waals surface area contributed by atoms with E-state index in [9.17, 15) is 14.9 Å². The molecule has 0 atom stereocenters. The van der Waals surface area contributed by atoms with Crippen LogP contribution in [0.5, 0.6) is 0 Å². The highest BCUT2D eigenvalue weighted by Crippen LogP contribution is 2.19. The molecule has 0 aliphatic rings. The van der Waals surface area contributed by atoms with E-state index in [-0.39, 0.29) is 11.5 Å². The van der Waals surface area contributed by atoms with Crippen LogP contribution in [0.15, 0.2) is 18.2 Å². The van der Waals surface area contributed by atoms with Crippen LogP contribution >= 0.6 is 11.8 Å². The van der Waals surface area contributed by atoms with Crippen molar-refractivity contribution in [2.45, 2.75) is 13.3 Å². The van der Waals surface area contributed by atoms with E-state index in [1.54, 1.807) is 24.8 Å². The smallest absolute Gasteiger partial charge is 0.272 e. The second-order valence-corrected chi connectivity index (χ2v) is 4.41. The molecule has 0 N–H and O–H groups in total. The zero-order chi connectivity index (χ0) is 12.1. The maximum atomic E-state index is 11.7. The Morgan fingerprint density at radius 3 is 2.69 bits per heavy atom. The highest BCUT2D eigenvalue weighted by Gasteiger charge is 2.13. The van der Waals surface area contributed by atoms with E-state index in [2.05, 4.69) is 0 Å². The molecule has 1 aromatic carbocycles. The van der Waals surface area contributed by atoms with Crippen molar-refractivity contribution in [3.63, 3.8) is 0 Å². The molecule has 0 saturated heterocycles. The summed E-state index contributed by atoms with van der Waals surface area (Å²) in [6.07, 6.45) is 2.41. The Kier molecular flexibility index (Phi) is 4.49. The Bertz CT molecular complexity index is 418. The summed E-state index contributed by atoms with van der Waals surface area (Å²) < 4.78 is 0. The summed E-state index contributed by atoms with van der Waals surface area (Å²) in [6.45, 7) is 1.64. The number of Topliss-reactive ketones (excluding diaryl/α,β-unsaturated/α-hetero) is 1. The van der Waals surface area contributed by atoms with E-state index in [4.69, 9.17) is 0 Å². The van der Waals surface area contributed by atoms with Crippen molar-refractivity contribution in [3.8, 4) is 0 Å². The zero-order valence-corrected chi connectivity index (χ0v) is 10.0. The monoisotopic (exact) mass is 239 g/mol. The molecule has 0 amide bonds. The summed E-state index contributed by atoms with van der Waals surface area (Å²) in [5.74, 6) is 0.807. The van der Waals surface area contributed by atoms with Crippen LogP contribution in [-0.4, -0.2) is 22.7 Å². The Morgan fingerprint density at radius 2 is 2.19 bits per heavy atom. The number of rotatable bonds is 5. The first-order valence-corrected chi connectivity index (χ1v) is 6.23. The first kappa shape index (κ1) is 12.7. The molecule has 0 bridgehead atoms. The van der Waals surface area contributed by atoms with Gasteiger partial charge in [-0.3, -0.25) is 14.9 Å². The normalized spacial score (nSPS) is 10.1. The predicted octanol–water partition coefficient (Wildman–Crippen LogP) is 2.84. The zero-order valence-electron chi connectivity index (χ0n) is 9.23. The van der Waals surface area contributed by atoms with Gasteiger partial charge in [0.15, 0.2) is 5.78 Å². The molecule has 0 aliphatic carbocycles. The number of ketones is 1. The Morgan fingerprint density at radius 1 is 1.50 bits per heavy atom. The lowest BCUT2D eigenvalue weighted by atomic mass is 10.1. The largest absolute Gasteiger partial charge is 0.294 e. The molecule has 0 unspecified atom stereocenters. The second-order valence-electron chi connectivity index (χ2n) is 3.42. The van der Waals surface area contributed by atoms with Crippen molar-refractivity contribution in [2.75, 3.05) is 12.0 Å². The van der Waals surface area contributed by atoms with Crippen molar-refractivity contribution >= 4 is 23.2 Å². The van der Waals surface area contributed by atoms with E-state index in [0.717, 1.165) is 5.75 Å². The number of hydrogen-bond donors (Lipinski definition) is 0. The van der Waals surface area contributed by atoms with Crippen molar-refractivity contribution in [1.82, 2.24) is 0 Å². The van der Waals surface area contributed by atoms with Crippen molar-refractivity contribution in [3.05, 3.63) is 39.4 Å². The molecule has 0 heterocycles. The lowest BCUT2D eigenvalue weighted by Gasteiger charge is -2.02. The summed E-state index contributed by atoms with van der Waals surface area (Å²) in [4.78, 5) is 21.8.